The first kappa shape index (κ1) is 15.3. The predicted octanol–water partition coefficient (Wildman–Crippen LogP) is 3.22. The number of para-hydroxylation sites is 1. The summed E-state index contributed by atoms with van der Waals surface area (Å²) in [6.07, 6.45) is 0.777. The van der Waals surface area contributed by atoms with Crippen molar-refractivity contribution >= 4 is 23.2 Å². The molecule has 0 saturated carbocycles. The minimum Gasteiger partial charge on any atom is -0.318 e. The maximum atomic E-state index is 12.6. The Hall–Kier alpha value is -2.62. The predicted molar refractivity (Wildman–Crippen MR) is 91.6 cm³/mol. The molecule has 2 amide bonds. The van der Waals surface area contributed by atoms with Crippen molar-refractivity contribution in [2.45, 2.75) is 33.2 Å². The molecule has 1 atom stereocenters. The second-order valence-electron chi connectivity index (χ2n) is 6.19. The molecule has 0 radical (unpaired) electrons. The Morgan fingerprint density at radius 2 is 1.74 bits per heavy atom. The summed E-state index contributed by atoms with van der Waals surface area (Å²) in [5, 5.41) is 2.72. The van der Waals surface area contributed by atoms with E-state index in [0.717, 1.165) is 28.8 Å². The molecule has 4 nitrogen and oxygen atoms in total. The van der Waals surface area contributed by atoms with Crippen LogP contribution >= 0.6 is 0 Å². The van der Waals surface area contributed by atoms with E-state index in [-0.39, 0.29) is 6.04 Å². The van der Waals surface area contributed by atoms with Crippen molar-refractivity contribution in [1.82, 2.24) is 0 Å². The zero-order valence-corrected chi connectivity index (χ0v) is 13.6. The van der Waals surface area contributed by atoms with Crippen molar-refractivity contribution in [3.63, 3.8) is 0 Å². The van der Waals surface area contributed by atoms with Gasteiger partial charge in [-0.1, -0.05) is 24.3 Å². The number of carbonyl (C=O) groups excluding carboxylic acids is 2. The van der Waals surface area contributed by atoms with Crippen LogP contribution in [0.2, 0.25) is 0 Å². The molecule has 1 aliphatic heterocycles. The van der Waals surface area contributed by atoms with Gasteiger partial charge in [0, 0.05) is 17.4 Å². The smallest absolute Gasteiger partial charge is 0.316 e. The zero-order chi connectivity index (χ0) is 16.6. The van der Waals surface area contributed by atoms with E-state index in [0.29, 0.717) is 5.69 Å². The van der Waals surface area contributed by atoms with Crippen LogP contribution in [0.4, 0.5) is 11.4 Å². The maximum Gasteiger partial charge on any atom is 0.316 e. The lowest BCUT2D eigenvalue weighted by atomic mass is 10.1. The van der Waals surface area contributed by atoms with Crippen LogP contribution in [0.25, 0.3) is 0 Å². The van der Waals surface area contributed by atoms with Gasteiger partial charge in [-0.3, -0.25) is 9.59 Å². The number of nitrogens with one attached hydrogen (secondary N) is 1. The molecule has 2 aromatic carbocycles. The molecule has 0 fully saturated rings. The van der Waals surface area contributed by atoms with Gasteiger partial charge in [0.25, 0.3) is 0 Å². The van der Waals surface area contributed by atoms with Crippen LogP contribution in [0.1, 0.15) is 23.6 Å². The molecular formula is C19H20N2O2. The normalized spacial score (nSPS) is 16.1. The van der Waals surface area contributed by atoms with Crippen LogP contribution in [-0.4, -0.2) is 17.9 Å². The fraction of sp³-hybridized carbons (Fsp3) is 0.263. The average molecular weight is 308 g/mol. The zero-order valence-electron chi connectivity index (χ0n) is 13.6. The Kier molecular flexibility index (Phi) is 3.90. The topological polar surface area (TPSA) is 49.4 Å². The van der Waals surface area contributed by atoms with Crippen molar-refractivity contribution in [2.75, 3.05) is 10.2 Å². The highest BCUT2D eigenvalue weighted by Gasteiger charge is 2.34. The van der Waals surface area contributed by atoms with Crippen LogP contribution in [0.15, 0.2) is 42.5 Å². The van der Waals surface area contributed by atoms with Crippen molar-refractivity contribution in [3.8, 4) is 0 Å². The fourth-order valence-electron chi connectivity index (χ4n) is 3.22. The highest BCUT2D eigenvalue weighted by atomic mass is 16.2. The molecular weight excluding hydrogens is 288 g/mol. The lowest BCUT2D eigenvalue weighted by molar-refractivity contribution is -0.134. The van der Waals surface area contributed by atoms with E-state index >= 15 is 0 Å². The molecule has 118 valence electrons. The van der Waals surface area contributed by atoms with Crippen LogP contribution in [0, 0.1) is 13.8 Å². The molecule has 23 heavy (non-hydrogen) atoms. The third-order valence-corrected chi connectivity index (χ3v) is 4.10. The lowest BCUT2D eigenvalue weighted by Gasteiger charge is -2.22. The first-order valence-electron chi connectivity index (χ1n) is 7.76. The number of carbonyl (C=O) groups is 2. The summed E-state index contributed by atoms with van der Waals surface area (Å²) in [6.45, 7) is 5.88. The standard InChI is InChI=1S/C19H20N2O2/c1-12-8-13(2)10-16(9-12)20-18(22)19(23)21-14(3)11-15-6-4-5-7-17(15)21/h4-10,14H,11H2,1-3H3,(H,20,22). The summed E-state index contributed by atoms with van der Waals surface area (Å²) in [7, 11) is 0. The van der Waals surface area contributed by atoms with Crippen LogP contribution in [0.3, 0.4) is 0 Å². The van der Waals surface area contributed by atoms with Crippen molar-refractivity contribution in [1.29, 1.82) is 0 Å². The number of fused-ring (bicyclic) bond motifs is 1. The summed E-state index contributed by atoms with van der Waals surface area (Å²) in [5.41, 5.74) is 4.69. The van der Waals surface area contributed by atoms with Gasteiger partial charge < -0.3 is 10.2 Å². The molecule has 0 bridgehead atoms. The second-order valence-corrected chi connectivity index (χ2v) is 6.19. The maximum absolute atomic E-state index is 12.6. The number of rotatable bonds is 1. The molecule has 1 aliphatic rings. The van der Waals surface area contributed by atoms with Gasteiger partial charge in [0.2, 0.25) is 0 Å². The van der Waals surface area contributed by atoms with Gasteiger partial charge in [0.1, 0.15) is 0 Å². The van der Waals surface area contributed by atoms with Gasteiger partial charge in [-0.2, -0.15) is 0 Å². The molecule has 2 aromatic rings. The van der Waals surface area contributed by atoms with Gasteiger partial charge in [-0.25, -0.2) is 0 Å². The molecule has 0 aliphatic carbocycles. The first-order chi connectivity index (χ1) is 11.0. The Labute approximate surface area is 136 Å². The number of hydrogen-bond donors (Lipinski definition) is 1. The number of amides is 2. The van der Waals surface area contributed by atoms with E-state index in [1.54, 1.807) is 4.90 Å². The van der Waals surface area contributed by atoms with Crippen molar-refractivity contribution in [3.05, 3.63) is 59.2 Å². The monoisotopic (exact) mass is 308 g/mol. The minimum absolute atomic E-state index is 0.00936. The quantitative estimate of drug-likeness (QED) is 0.822. The number of hydrogen-bond acceptors (Lipinski definition) is 2. The van der Waals surface area contributed by atoms with E-state index in [1.807, 2.05) is 63.2 Å². The highest BCUT2D eigenvalue weighted by Crippen LogP contribution is 2.31. The van der Waals surface area contributed by atoms with Crippen LogP contribution in [0.5, 0.6) is 0 Å². The molecule has 3 rings (SSSR count). The Morgan fingerprint density at radius 3 is 2.43 bits per heavy atom. The van der Waals surface area contributed by atoms with Gasteiger partial charge in [-0.05, 0) is 62.1 Å². The SMILES string of the molecule is Cc1cc(C)cc(NC(=O)C(=O)N2c3ccccc3CC2C)c1. The van der Waals surface area contributed by atoms with E-state index in [2.05, 4.69) is 5.32 Å². The number of benzene rings is 2. The third kappa shape index (κ3) is 2.97. The number of nitrogens with zero attached hydrogens (tertiary/aromatic N) is 1. The summed E-state index contributed by atoms with van der Waals surface area (Å²) >= 11 is 0. The minimum atomic E-state index is -0.599. The Morgan fingerprint density at radius 1 is 1.09 bits per heavy atom. The second kappa shape index (κ2) is 5.88. The van der Waals surface area contributed by atoms with Gasteiger partial charge in [0.15, 0.2) is 0 Å². The molecule has 1 unspecified atom stereocenters. The molecule has 1 heterocycles. The van der Waals surface area contributed by atoms with E-state index < -0.39 is 11.8 Å². The van der Waals surface area contributed by atoms with Crippen LogP contribution < -0.4 is 10.2 Å². The summed E-state index contributed by atoms with van der Waals surface area (Å²) in [4.78, 5) is 26.6. The van der Waals surface area contributed by atoms with Crippen molar-refractivity contribution in [2.24, 2.45) is 0 Å². The molecule has 4 heteroatoms. The molecule has 1 N–H and O–H groups in total. The van der Waals surface area contributed by atoms with Crippen molar-refractivity contribution < 1.29 is 9.59 Å². The average Bonchev–Trinajstić information content (AvgIpc) is 2.81. The van der Waals surface area contributed by atoms with Gasteiger partial charge in [-0.15, -0.1) is 0 Å². The number of aryl methyl sites for hydroxylation is 2. The molecule has 0 saturated heterocycles. The fourth-order valence-corrected chi connectivity index (χ4v) is 3.22. The Bertz CT molecular complexity index is 762. The summed E-state index contributed by atoms with van der Waals surface area (Å²) in [5.74, 6) is -1.11. The summed E-state index contributed by atoms with van der Waals surface area (Å²) < 4.78 is 0. The summed E-state index contributed by atoms with van der Waals surface area (Å²) in [6, 6.07) is 13.5. The number of anilines is 2. The molecule has 0 aromatic heterocycles. The molecule has 0 spiro atoms. The van der Waals surface area contributed by atoms with Gasteiger partial charge >= 0.3 is 11.8 Å². The lowest BCUT2D eigenvalue weighted by Crippen LogP contribution is -2.43. The first-order valence-corrected chi connectivity index (χ1v) is 7.76. The Balaban J connectivity index is 1.81. The third-order valence-electron chi connectivity index (χ3n) is 4.10. The largest absolute Gasteiger partial charge is 0.318 e. The van der Waals surface area contributed by atoms with E-state index in [9.17, 15) is 9.59 Å². The highest BCUT2D eigenvalue weighted by molar-refractivity contribution is 6.44. The van der Waals surface area contributed by atoms with Gasteiger partial charge in [0.05, 0.1) is 0 Å². The van der Waals surface area contributed by atoms with E-state index in [1.165, 1.54) is 0 Å². The van der Waals surface area contributed by atoms with E-state index in [4.69, 9.17) is 0 Å². The van der Waals surface area contributed by atoms with Crippen LogP contribution in [-0.2, 0) is 16.0 Å².